The van der Waals surface area contributed by atoms with Crippen molar-refractivity contribution in [3.05, 3.63) is 0 Å². The summed E-state index contributed by atoms with van der Waals surface area (Å²) in [6, 6.07) is 1.30. The third kappa shape index (κ3) is 2.91. The molecule has 0 radical (unpaired) electrons. The van der Waals surface area contributed by atoms with Crippen LogP contribution >= 0.6 is 12.2 Å². The average molecular weight is 188 g/mol. The van der Waals surface area contributed by atoms with Crippen LogP contribution in [0.1, 0.15) is 6.42 Å². The molecule has 0 aromatic heterocycles. The number of hydrogen-bond acceptors (Lipinski definition) is 2. The van der Waals surface area contributed by atoms with E-state index in [2.05, 4.69) is 19.6 Å². The molecular weight excluding hydrogens is 172 g/mol. The molecule has 0 amide bonds. The standard InChI is InChI=1S/C8H16OSSi/c1-11(2,3)6-7-4-5-9-8(7)10/h7H,4-6H2,1-3H3. The van der Waals surface area contributed by atoms with Gasteiger partial charge in [-0.2, -0.15) is 0 Å². The van der Waals surface area contributed by atoms with Gasteiger partial charge in [0.25, 0.3) is 0 Å². The molecule has 1 atom stereocenters. The molecule has 1 aliphatic heterocycles. The quantitative estimate of drug-likeness (QED) is 0.487. The highest BCUT2D eigenvalue weighted by molar-refractivity contribution is 7.80. The van der Waals surface area contributed by atoms with Crippen LogP contribution in [0.4, 0.5) is 0 Å². The molecule has 1 unspecified atom stereocenters. The molecular formula is C8H16OSSi. The highest BCUT2D eigenvalue weighted by Crippen LogP contribution is 2.26. The lowest BCUT2D eigenvalue weighted by atomic mass is 10.2. The van der Waals surface area contributed by atoms with E-state index >= 15 is 0 Å². The van der Waals surface area contributed by atoms with E-state index in [-0.39, 0.29) is 0 Å². The van der Waals surface area contributed by atoms with E-state index in [4.69, 9.17) is 17.0 Å². The molecule has 0 saturated carbocycles. The minimum absolute atomic E-state index is 0.594. The lowest BCUT2D eigenvalue weighted by Crippen LogP contribution is -2.25. The summed E-state index contributed by atoms with van der Waals surface area (Å²) >= 11 is 5.11. The fourth-order valence-electron chi connectivity index (χ4n) is 1.46. The minimum atomic E-state index is -0.932. The van der Waals surface area contributed by atoms with E-state index in [1.807, 2.05) is 0 Å². The van der Waals surface area contributed by atoms with Crippen LogP contribution in [0.5, 0.6) is 0 Å². The molecule has 0 bridgehead atoms. The Hall–Kier alpha value is 0.107. The zero-order valence-electron chi connectivity index (χ0n) is 7.52. The van der Waals surface area contributed by atoms with E-state index in [9.17, 15) is 0 Å². The summed E-state index contributed by atoms with van der Waals surface area (Å²) < 4.78 is 5.26. The highest BCUT2D eigenvalue weighted by Gasteiger charge is 2.28. The molecule has 64 valence electrons. The van der Waals surface area contributed by atoms with Crippen LogP contribution < -0.4 is 0 Å². The lowest BCUT2D eigenvalue weighted by molar-refractivity contribution is 0.351. The molecule has 0 aromatic rings. The Labute approximate surface area is 75.1 Å². The van der Waals surface area contributed by atoms with E-state index in [0.29, 0.717) is 5.92 Å². The summed E-state index contributed by atoms with van der Waals surface area (Å²) in [5.74, 6) is 0.594. The van der Waals surface area contributed by atoms with E-state index < -0.39 is 8.07 Å². The Kier molecular flexibility index (Phi) is 2.70. The summed E-state index contributed by atoms with van der Waals surface area (Å²) in [6.07, 6.45) is 1.16. The van der Waals surface area contributed by atoms with Crippen molar-refractivity contribution in [1.82, 2.24) is 0 Å². The van der Waals surface area contributed by atoms with Crippen LogP contribution in [0.15, 0.2) is 0 Å². The van der Waals surface area contributed by atoms with Gasteiger partial charge in [-0.3, -0.25) is 0 Å². The van der Waals surface area contributed by atoms with Gasteiger partial charge in [0.1, 0.15) is 0 Å². The monoisotopic (exact) mass is 188 g/mol. The van der Waals surface area contributed by atoms with Crippen molar-refractivity contribution < 1.29 is 4.74 Å². The van der Waals surface area contributed by atoms with Crippen LogP contribution in [0.2, 0.25) is 25.7 Å². The molecule has 1 nitrogen and oxygen atoms in total. The van der Waals surface area contributed by atoms with Crippen molar-refractivity contribution in [2.45, 2.75) is 32.1 Å². The van der Waals surface area contributed by atoms with Crippen molar-refractivity contribution in [3.8, 4) is 0 Å². The van der Waals surface area contributed by atoms with Crippen LogP contribution in [0.25, 0.3) is 0 Å². The van der Waals surface area contributed by atoms with Crippen LogP contribution in [0.3, 0.4) is 0 Å². The van der Waals surface area contributed by atoms with Crippen molar-refractivity contribution >= 4 is 25.3 Å². The second-order valence-electron chi connectivity index (χ2n) is 4.42. The first-order valence-electron chi connectivity index (χ1n) is 4.16. The second kappa shape index (κ2) is 3.23. The fraction of sp³-hybridized carbons (Fsp3) is 0.875. The molecule has 3 heteroatoms. The second-order valence-corrected chi connectivity index (χ2v) is 10.3. The molecule has 1 aliphatic rings. The Morgan fingerprint density at radius 3 is 2.55 bits per heavy atom. The van der Waals surface area contributed by atoms with Gasteiger partial charge < -0.3 is 4.74 Å². The van der Waals surface area contributed by atoms with Gasteiger partial charge in [-0.1, -0.05) is 19.6 Å². The summed E-state index contributed by atoms with van der Waals surface area (Å²) in [5, 5.41) is 0.868. The Bertz CT molecular complexity index is 162. The number of ether oxygens (including phenoxy) is 1. The smallest absolute Gasteiger partial charge is 0.162 e. The molecule has 0 spiro atoms. The van der Waals surface area contributed by atoms with Gasteiger partial charge in [-0.05, 0) is 24.7 Å². The summed E-state index contributed by atoms with van der Waals surface area (Å²) in [5.41, 5.74) is 0. The molecule has 11 heavy (non-hydrogen) atoms. The Morgan fingerprint density at radius 2 is 2.18 bits per heavy atom. The van der Waals surface area contributed by atoms with Gasteiger partial charge in [0.05, 0.1) is 6.61 Å². The zero-order chi connectivity index (χ0) is 8.48. The van der Waals surface area contributed by atoms with Crippen LogP contribution in [-0.2, 0) is 4.74 Å². The molecule has 1 saturated heterocycles. The minimum Gasteiger partial charge on any atom is -0.487 e. The average Bonchev–Trinajstić information content (AvgIpc) is 2.12. The molecule has 1 fully saturated rings. The predicted octanol–water partition coefficient (Wildman–Crippen LogP) is 2.69. The first-order valence-corrected chi connectivity index (χ1v) is 8.27. The maximum absolute atomic E-state index is 5.26. The number of thiocarbonyl (C=S) groups is 1. The van der Waals surface area contributed by atoms with Gasteiger partial charge in [-0.25, -0.2) is 0 Å². The topological polar surface area (TPSA) is 9.23 Å². The summed E-state index contributed by atoms with van der Waals surface area (Å²) in [7, 11) is -0.932. The third-order valence-electron chi connectivity index (χ3n) is 1.90. The maximum Gasteiger partial charge on any atom is 0.162 e. The van der Waals surface area contributed by atoms with E-state index in [1.165, 1.54) is 6.04 Å². The van der Waals surface area contributed by atoms with Crippen molar-refractivity contribution in [2.24, 2.45) is 5.92 Å². The molecule has 0 aliphatic carbocycles. The zero-order valence-corrected chi connectivity index (χ0v) is 9.33. The van der Waals surface area contributed by atoms with Crippen molar-refractivity contribution in [2.75, 3.05) is 6.61 Å². The van der Waals surface area contributed by atoms with E-state index in [1.54, 1.807) is 0 Å². The predicted molar refractivity (Wildman–Crippen MR) is 54.8 cm³/mol. The fourth-order valence-corrected chi connectivity index (χ4v) is 3.76. The van der Waals surface area contributed by atoms with E-state index in [0.717, 1.165) is 18.1 Å². The van der Waals surface area contributed by atoms with Gasteiger partial charge in [-0.15, -0.1) is 0 Å². The summed E-state index contributed by atoms with van der Waals surface area (Å²) in [6.45, 7) is 8.00. The van der Waals surface area contributed by atoms with Crippen LogP contribution in [0, 0.1) is 5.92 Å². The van der Waals surface area contributed by atoms with Crippen LogP contribution in [-0.4, -0.2) is 19.7 Å². The first kappa shape index (κ1) is 9.20. The molecule has 1 heterocycles. The Morgan fingerprint density at radius 1 is 1.55 bits per heavy atom. The largest absolute Gasteiger partial charge is 0.487 e. The normalized spacial score (nSPS) is 25.4. The maximum atomic E-state index is 5.26. The lowest BCUT2D eigenvalue weighted by Gasteiger charge is -2.19. The molecule has 0 aromatic carbocycles. The van der Waals surface area contributed by atoms with Gasteiger partial charge in [0.2, 0.25) is 0 Å². The van der Waals surface area contributed by atoms with Crippen molar-refractivity contribution in [1.29, 1.82) is 0 Å². The molecule has 0 N–H and O–H groups in total. The number of rotatable bonds is 2. The third-order valence-corrected chi connectivity index (χ3v) is 4.07. The molecule has 1 rings (SSSR count). The Balaban J connectivity index is 2.43. The SMILES string of the molecule is C[Si](C)(C)CC1CCOC1=S. The van der Waals surface area contributed by atoms with Crippen molar-refractivity contribution in [3.63, 3.8) is 0 Å². The number of hydrogen-bond donors (Lipinski definition) is 0. The van der Waals surface area contributed by atoms with Gasteiger partial charge in [0, 0.05) is 14.0 Å². The highest BCUT2D eigenvalue weighted by atomic mass is 32.1. The first-order chi connectivity index (χ1) is 4.99. The summed E-state index contributed by atoms with van der Waals surface area (Å²) in [4.78, 5) is 0. The van der Waals surface area contributed by atoms with Gasteiger partial charge >= 0.3 is 0 Å². The van der Waals surface area contributed by atoms with Gasteiger partial charge in [0.15, 0.2) is 5.05 Å².